The normalized spacial score (nSPS) is 24.7. The van der Waals surface area contributed by atoms with Crippen LogP contribution in [0.4, 0.5) is 5.95 Å². The molecule has 0 amide bonds. The second-order valence-electron chi connectivity index (χ2n) is 6.54. The van der Waals surface area contributed by atoms with Gasteiger partial charge in [-0.05, 0) is 5.21 Å². The molecule has 1 aromatic heterocycles. The quantitative estimate of drug-likeness (QED) is 0.192. The number of carbonyl (C=O) groups excluding carboxylic acids is 4. The van der Waals surface area contributed by atoms with Crippen LogP contribution in [0.2, 0.25) is 0 Å². The Morgan fingerprint density at radius 1 is 0.938 bits per heavy atom. The summed E-state index contributed by atoms with van der Waals surface area (Å²) in [6.45, 7) is 4.08. The minimum absolute atomic E-state index is 0.238. The van der Waals surface area contributed by atoms with Crippen molar-refractivity contribution in [3.8, 4) is 0 Å². The number of rotatable bonds is 7. The van der Waals surface area contributed by atoms with Gasteiger partial charge < -0.3 is 35.2 Å². The first kappa shape index (κ1) is 24.4. The fourth-order valence-electron chi connectivity index (χ4n) is 2.88. The highest BCUT2D eigenvalue weighted by Gasteiger charge is 2.53. The molecule has 5 atom stereocenters. The van der Waals surface area contributed by atoms with E-state index in [1.807, 2.05) is 0 Å². The van der Waals surface area contributed by atoms with Gasteiger partial charge in [0.1, 0.15) is 12.7 Å². The van der Waals surface area contributed by atoms with Crippen LogP contribution in [0.3, 0.4) is 0 Å². The Bertz CT molecular complexity index is 898. The number of nitrogens with zero attached hydrogens (tertiary/aromatic N) is 5. The lowest BCUT2D eigenvalue weighted by Gasteiger charge is -2.43. The van der Waals surface area contributed by atoms with Gasteiger partial charge in [0.2, 0.25) is 6.23 Å². The number of aliphatic imine (C=N–C) groups is 1. The summed E-state index contributed by atoms with van der Waals surface area (Å²) in [5.74, 6) is -3.53. The van der Waals surface area contributed by atoms with Gasteiger partial charge in [-0.1, -0.05) is 5.10 Å². The minimum atomic E-state index is -1.39. The second kappa shape index (κ2) is 10.5. The summed E-state index contributed by atoms with van der Waals surface area (Å²) < 4.78 is 26.7. The first-order chi connectivity index (χ1) is 15.0. The molecule has 32 heavy (non-hydrogen) atoms. The molecule has 16 heteroatoms. The fraction of sp³-hybridized carbons (Fsp3) is 0.625. The van der Waals surface area contributed by atoms with Crippen molar-refractivity contribution in [3.05, 3.63) is 0 Å². The third-order valence-corrected chi connectivity index (χ3v) is 3.84. The van der Waals surface area contributed by atoms with E-state index in [1.165, 1.54) is 0 Å². The predicted octanol–water partition coefficient (Wildman–Crippen LogP) is -2.17. The van der Waals surface area contributed by atoms with Gasteiger partial charge in [-0.3, -0.25) is 19.2 Å². The zero-order chi connectivity index (χ0) is 24.0. The second-order valence-corrected chi connectivity index (χ2v) is 6.54. The van der Waals surface area contributed by atoms with E-state index in [9.17, 15) is 19.2 Å². The van der Waals surface area contributed by atoms with Crippen LogP contribution in [0.15, 0.2) is 4.99 Å². The number of hydrogen-bond donors (Lipinski definition) is 2. The van der Waals surface area contributed by atoms with Gasteiger partial charge in [-0.25, -0.2) is 0 Å². The summed E-state index contributed by atoms with van der Waals surface area (Å²) in [6.07, 6.45) is -6.60. The Morgan fingerprint density at radius 3 is 2.03 bits per heavy atom. The van der Waals surface area contributed by atoms with E-state index in [-0.39, 0.29) is 11.9 Å². The molecule has 2 heterocycles. The molecular formula is C16H23N7O9. The minimum Gasteiger partial charge on any atom is -0.463 e. The molecule has 0 spiro atoms. The van der Waals surface area contributed by atoms with Gasteiger partial charge in [0.25, 0.3) is 5.95 Å². The van der Waals surface area contributed by atoms with Gasteiger partial charge >= 0.3 is 23.9 Å². The number of hydrogen-bond acceptors (Lipinski definition) is 13. The van der Waals surface area contributed by atoms with Crippen molar-refractivity contribution in [2.24, 2.45) is 16.5 Å². The van der Waals surface area contributed by atoms with E-state index in [0.29, 0.717) is 0 Å². The van der Waals surface area contributed by atoms with Gasteiger partial charge in [-0.2, -0.15) is 4.99 Å². The number of tetrazole rings is 1. The lowest BCUT2D eigenvalue weighted by Crippen LogP contribution is -2.60. The van der Waals surface area contributed by atoms with Crippen LogP contribution >= 0.6 is 0 Å². The summed E-state index contributed by atoms with van der Waals surface area (Å²) in [4.78, 5) is 51.1. The van der Waals surface area contributed by atoms with Crippen LogP contribution in [0, 0.1) is 0 Å². The molecule has 1 aliphatic heterocycles. The van der Waals surface area contributed by atoms with E-state index >= 15 is 0 Å². The highest BCUT2D eigenvalue weighted by atomic mass is 16.7. The molecule has 4 N–H and O–H groups in total. The Kier molecular flexibility index (Phi) is 8.00. The van der Waals surface area contributed by atoms with Gasteiger partial charge in [0, 0.05) is 27.7 Å². The standard InChI is InChI=1S/C16H23N7O9/c1-6(24)28-5-10-11(29-7(2)25)12(30-8(3)26)13(31-9(4)27)14(32-10)23-21-16(20-22-23)19-15(17)18/h10-14H,5H2,1-4H3,(H4,17,18,19,21)/t10-,11-,12+,13-,14-/m1/s1. The number of ether oxygens (including phenoxy) is 5. The Morgan fingerprint density at radius 2 is 1.50 bits per heavy atom. The molecule has 1 fully saturated rings. The van der Waals surface area contributed by atoms with Crippen molar-refractivity contribution in [1.82, 2.24) is 20.2 Å². The molecular weight excluding hydrogens is 434 g/mol. The smallest absolute Gasteiger partial charge is 0.303 e. The summed E-state index contributed by atoms with van der Waals surface area (Å²) in [7, 11) is 0. The largest absolute Gasteiger partial charge is 0.463 e. The first-order valence-electron chi connectivity index (χ1n) is 9.17. The van der Waals surface area contributed by atoms with E-state index in [4.69, 9.17) is 35.2 Å². The lowest BCUT2D eigenvalue weighted by molar-refractivity contribution is -0.272. The molecule has 16 nitrogen and oxygen atoms in total. The highest BCUT2D eigenvalue weighted by molar-refractivity contribution is 5.77. The average molecular weight is 457 g/mol. The summed E-state index contributed by atoms with van der Waals surface area (Å²) in [5, 5.41) is 11.3. The van der Waals surface area contributed by atoms with Crippen molar-refractivity contribution in [1.29, 1.82) is 0 Å². The van der Waals surface area contributed by atoms with Crippen LogP contribution in [0.5, 0.6) is 0 Å². The molecule has 0 aromatic carbocycles. The maximum Gasteiger partial charge on any atom is 0.303 e. The molecule has 0 aliphatic carbocycles. The summed E-state index contributed by atoms with van der Waals surface area (Å²) in [5.41, 5.74) is 10.6. The van der Waals surface area contributed by atoms with Crippen molar-refractivity contribution in [2.75, 3.05) is 6.61 Å². The van der Waals surface area contributed by atoms with E-state index in [2.05, 4.69) is 20.4 Å². The molecule has 2 rings (SSSR count). The molecule has 0 saturated carbocycles. The number of esters is 4. The van der Waals surface area contributed by atoms with Gasteiger partial charge in [0.15, 0.2) is 24.3 Å². The van der Waals surface area contributed by atoms with Gasteiger partial charge in [0.05, 0.1) is 0 Å². The number of guanidine groups is 1. The zero-order valence-electron chi connectivity index (χ0n) is 17.7. The molecule has 0 bridgehead atoms. The Labute approximate surface area is 181 Å². The number of carbonyl (C=O) groups is 4. The van der Waals surface area contributed by atoms with Crippen LogP contribution < -0.4 is 11.5 Å². The fourth-order valence-corrected chi connectivity index (χ4v) is 2.88. The lowest BCUT2D eigenvalue weighted by atomic mass is 9.97. The molecule has 1 saturated heterocycles. The maximum absolute atomic E-state index is 11.8. The average Bonchev–Trinajstić information content (AvgIpc) is 3.09. The highest BCUT2D eigenvalue weighted by Crippen LogP contribution is 2.34. The Hall–Kier alpha value is -3.82. The van der Waals surface area contributed by atoms with E-state index in [0.717, 1.165) is 32.5 Å². The van der Waals surface area contributed by atoms with Crippen LogP contribution in [0.25, 0.3) is 0 Å². The third kappa shape index (κ3) is 6.59. The van der Waals surface area contributed by atoms with E-state index < -0.39 is 61.1 Å². The monoisotopic (exact) mass is 457 g/mol. The molecule has 1 aromatic rings. The molecule has 0 unspecified atom stereocenters. The van der Waals surface area contributed by atoms with Crippen molar-refractivity contribution in [2.45, 2.75) is 58.3 Å². The molecule has 1 aliphatic rings. The topological polar surface area (TPSA) is 222 Å². The Balaban J connectivity index is 2.53. The zero-order valence-corrected chi connectivity index (χ0v) is 17.7. The predicted molar refractivity (Wildman–Crippen MR) is 100 cm³/mol. The van der Waals surface area contributed by atoms with Crippen LogP contribution in [-0.2, 0) is 42.9 Å². The van der Waals surface area contributed by atoms with Crippen molar-refractivity contribution < 1.29 is 42.9 Å². The first-order valence-corrected chi connectivity index (χ1v) is 9.17. The van der Waals surface area contributed by atoms with Crippen molar-refractivity contribution >= 4 is 35.8 Å². The summed E-state index contributed by atoms with van der Waals surface area (Å²) in [6, 6.07) is 0. The van der Waals surface area contributed by atoms with E-state index in [1.54, 1.807) is 0 Å². The molecule has 176 valence electrons. The molecule has 0 radical (unpaired) electrons. The van der Waals surface area contributed by atoms with Gasteiger partial charge in [-0.15, -0.1) is 9.90 Å². The third-order valence-electron chi connectivity index (χ3n) is 3.84. The van der Waals surface area contributed by atoms with Crippen LogP contribution in [-0.4, -0.2) is 81.1 Å². The maximum atomic E-state index is 11.8. The van der Waals surface area contributed by atoms with Crippen LogP contribution in [0.1, 0.15) is 33.9 Å². The van der Waals surface area contributed by atoms with Crippen molar-refractivity contribution in [3.63, 3.8) is 0 Å². The SMILES string of the molecule is CC(=O)OC[C@H]1O[C@@H](n2nnc(N=C(N)N)n2)[C@H](OC(C)=O)[C@@H](OC(C)=O)[C@@H]1OC(C)=O. The summed E-state index contributed by atoms with van der Waals surface area (Å²) >= 11 is 0. The number of aromatic nitrogens is 4. The number of nitrogens with two attached hydrogens (primary N) is 2.